The minimum absolute atomic E-state index is 0.0184. The van der Waals surface area contributed by atoms with Gasteiger partial charge in [0.2, 0.25) is 0 Å². The summed E-state index contributed by atoms with van der Waals surface area (Å²) in [6.07, 6.45) is 0.455. The zero-order valence-corrected chi connectivity index (χ0v) is 17.7. The van der Waals surface area contributed by atoms with Crippen LogP contribution in [0.15, 0.2) is 30.3 Å². The highest BCUT2D eigenvalue weighted by Gasteiger charge is 2.57. The summed E-state index contributed by atoms with van der Waals surface area (Å²) < 4.78 is 5.68. The molecule has 3 aliphatic rings. The van der Waals surface area contributed by atoms with Crippen molar-refractivity contribution in [3.63, 3.8) is 0 Å². The molecular formula is C22H30N4O4. The zero-order chi connectivity index (χ0) is 21.3. The third-order valence-electron chi connectivity index (χ3n) is 6.57. The van der Waals surface area contributed by atoms with E-state index in [-0.39, 0.29) is 17.8 Å². The van der Waals surface area contributed by atoms with Gasteiger partial charge < -0.3 is 19.4 Å². The summed E-state index contributed by atoms with van der Waals surface area (Å²) in [5, 5.41) is 0. The van der Waals surface area contributed by atoms with Crippen LogP contribution in [0.4, 0.5) is 4.79 Å². The molecule has 3 fully saturated rings. The van der Waals surface area contributed by atoms with E-state index in [9.17, 15) is 14.4 Å². The van der Waals surface area contributed by atoms with Gasteiger partial charge >= 0.3 is 6.03 Å². The largest absolute Gasteiger partial charge is 0.366 e. The molecule has 3 heterocycles. The molecule has 3 saturated heterocycles. The van der Waals surface area contributed by atoms with Crippen molar-refractivity contribution in [1.29, 1.82) is 0 Å². The lowest BCUT2D eigenvalue weighted by atomic mass is 9.85. The van der Waals surface area contributed by atoms with Crippen LogP contribution in [-0.4, -0.2) is 95.5 Å². The van der Waals surface area contributed by atoms with Crippen LogP contribution in [0.1, 0.15) is 25.3 Å². The van der Waals surface area contributed by atoms with Crippen LogP contribution in [0.3, 0.4) is 0 Å². The van der Waals surface area contributed by atoms with Crippen molar-refractivity contribution in [2.75, 3.05) is 46.4 Å². The molecule has 162 valence electrons. The molecule has 0 bridgehead atoms. The van der Waals surface area contributed by atoms with E-state index < -0.39 is 11.6 Å². The summed E-state index contributed by atoms with van der Waals surface area (Å²) in [4.78, 5) is 46.2. The number of amides is 4. The van der Waals surface area contributed by atoms with Gasteiger partial charge in [-0.25, -0.2) is 4.79 Å². The van der Waals surface area contributed by atoms with Gasteiger partial charge in [-0.05, 0) is 32.4 Å². The van der Waals surface area contributed by atoms with E-state index in [2.05, 4.69) is 4.90 Å². The molecule has 8 nitrogen and oxygen atoms in total. The van der Waals surface area contributed by atoms with Crippen LogP contribution in [0, 0.1) is 0 Å². The third-order valence-corrected chi connectivity index (χ3v) is 6.57. The molecule has 1 spiro atoms. The van der Waals surface area contributed by atoms with E-state index in [1.54, 1.807) is 9.80 Å². The Bertz CT molecular complexity index is 807. The number of morpholine rings is 1. The number of carbonyl (C=O) groups excluding carboxylic acids is 3. The molecule has 1 unspecified atom stereocenters. The first-order valence-electron chi connectivity index (χ1n) is 10.7. The normalized spacial score (nSPS) is 24.7. The molecule has 1 aromatic rings. The number of ether oxygens (including phenoxy) is 1. The highest BCUT2D eigenvalue weighted by atomic mass is 16.5. The predicted molar refractivity (Wildman–Crippen MR) is 111 cm³/mol. The summed E-state index contributed by atoms with van der Waals surface area (Å²) in [5.41, 5.74) is 0.123. The zero-order valence-electron chi connectivity index (χ0n) is 17.7. The van der Waals surface area contributed by atoms with Gasteiger partial charge in [-0.15, -0.1) is 0 Å². The first-order valence-corrected chi connectivity index (χ1v) is 10.7. The number of hydrogen-bond acceptors (Lipinski definition) is 5. The smallest absolute Gasteiger partial charge is 0.327 e. The van der Waals surface area contributed by atoms with E-state index in [1.165, 1.54) is 4.90 Å². The molecule has 8 heteroatoms. The Morgan fingerprint density at radius 3 is 2.47 bits per heavy atom. The standard InChI is InChI=1S/C22H30N4O4/c1-3-25-20(28)22(26(21(25)29)15-17-7-5-4-6-8-17)9-11-24(12-10-22)19(27)18-16-23(2)13-14-30-18/h4-8,18H,3,9-16H2,1-2H3. The van der Waals surface area contributed by atoms with E-state index in [4.69, 9.17) is 4.74 Å². The maximum Gasteiger partial charge on any atom is 0.327 e. The number of benzene rings is 1. The Kier molecular flexibility index (Phi) is 5.79. The van der Waals surface area contributed by atoms with Crippen LogP contribution in [0.25, 0.3) is 0 Å². The minimum atomic E-state index is -0.871. The van der Waals surface area contributed by atoms with Crippen molar-refractivity contribution in [2.45, 2.75) is 38.0 Å². The second kappa shape index (κ2) is 8.35. The lowest BCUT2D eigenvalue weighted by Crippen LogP contribution is -2.59. The Morgan fingerprint density at radius 1 is 1.13 bits per heavy atom. The average Bonchev–Trinajstić information content (AvgIpc) is 2.95. The molecule has 1 atom stereocenters. The van der Waals surface area contributed by atoms with Crippen molar-refractivity contribution in [2.24, 2.45) is 0 Å². The summed E-state index contributed by atoms with van der Waals surface area (Å²) in [6.45, 7) is 5.43. The van der Waals surface area contributed by atoms with Crippen molar-refractivity contribution < 1.29 is 19.1 Å². The van der Waals surface area contributed by atoms with E-state index in [1.807, 2.05) is 44.3 Å². The molecule has 0 radical (unpaired) electrons. The first-order chi connectivity index (χ1) is 14.5. The second-order valence-corrected chi connectivity index (χ2v) is 8.38. The number of likely N-dealkylation sites (N-methyl/N-ethyl adjacent to an activating group) is 2. The van der Waals surface area contributed by atoms with Gasteiger partial charge in [0.1, 0.15) is 11.6 Å². The van der Waals surface area contributed by atoms with Crippen molar-refractivity contribution >= 4 is 17.8 Å². The summed E-state index contributed by atoms with van der Waals surface area (Å²) in [7, 11) is 1.98. The number of urea groups is 1. The Hall–Kier alpha value is -2.45. The van der Waals surface area contributed by atoms with Gasteiger partial charge in [-0.3, -0.25) is 14.5 Å². The highest BCUT2D eigenvalue weighted by Crippen LogP contribution is 2.38. The topological polar surface area (TPSA) is 73.4 Å². The Balaban J connectivity index is 1.51. The first kappa shape index (κ1) is 20.8. The quantitative estimate of drug-likeness (QED) is 0.692. The number of rotatable bonds is 4. The molecule has 0 saturated carbocycles. The van der Waals surface area contributed by atoms with Crippen LogP contribution in [0.2, 0.25) is 0 Å². The van der Waals surface area contributed by atoms with Crippen molar-refractivity contribution in [3.8, 4) is 0 Å². The third kappa shape index (κ3) is 3.58. The van der Waals surface area contributed by atoms with E-state index in [0.29, 0.717) is 52.2 Å². The lowest BCUT2D eigenvalue weighted by molar-refractivity contribution is -0.153. The Labute approximate surface area is 177 Å². The molecule has 3 aliphatic heterocycles. The highest BCUT2D eigenvalue weighted by molar-refractivity contribution is 6.07. The molecule has 0 aliphatic carbocycles. The van der Waals surface area contributed by atoms with Crippen LogP contribution in [0.5, 0.6) is 0 Å². The lowest BCUT2D eigenvalue weighted by Gasteiger charge is -2.43. The number of likely N-dealkylation sites (tertiary alicyclic amines) is 1. The van der Waals surface area contributed by atoms with Gasteiger partial charge in [-0.2, -0.15) is 0 Å². The Morgan fingerprint density at radius 2 is 1.83 bits per heavy atom. The maximum atomic E-state index is 13.3. The van der Waals surface area contributed by atoms with Gasteiger partial charge in [0.25, 0.3) is 11.8 Å². The molecule has 30 heavy (non-hydrogen) atoms. The predicted octanol–water partition coefficient (Wildman–Crippen LogP) is 1.16. The van der Waals surface area contributed by atoms with E-state index >= 15 is 0 Å². The van der Waals surface area contributed by atoms with Gasteiger partial charge in [0, 0.05) is 39.3 Å². The fourth-order valence-corrected chi connectivity index (χ4v) is 4.76. The average molecular weight is 415 g/mol. The number of imide groups is 1. The SMILES string of the molecule is CCN1C(=O)N(Cc2ccccc2)C2(CCN(C(=O)C3CN(C)CCO3)CC2)C1=O. The van der Waals surface area contributed by atoms with Crippen molar-refractivity contribution in [1.82, 2.24) is 19.6 Å². The summed E-state index contributed by atoms with van der Waals surface area (Å²) in [5.74, 6) is -0.151. The molecule has 0 N–H and O–H groups in total. The van der Waals surface area contributed by atoms with Gasteiger partial charge in [0.15, 0.2) is 0 Å². The number of piperidine rings is 1. The molecular weight excluding hydrogens is 384 g/mol. The van der Waals surface area contributed by atoms with Crippen LogP contribution < -0.4 is 0 Å². The summed E-state index contributed by atoms with van der Waals surface area (Å²) in [6, 6.07) is 9.51. The van der Waals surface area contributed by atoms with Crippen LogP contribution >= 0.6 is 0 Å². The number of carbonyl (C=O) groups is 3. The minimum Gasteiger partial charge on any atom is -0.366 e. The van der Waals surface area contributed by atoms with Crippen LogP contribution in [-0.2, 0) is 20.9 Å². The van der Waals surface area contributed by atoms with Gasteiger partial charge in [0.05, 0.1) is 6.61 Å². The molecule has 1 aromatic carbocycles. The number of hydrogen-bond donors (Lipinski definition) is 0. The fourth-order valence-electron chi connectivity index (χ4n) is 4.76. The second-order valence-electron chi connectivity index (χ2n) is 8.38. The van der Waals surface area contributed by atoms with Crippen molar-refractivity contribution in [3.05, 3.63) is 35.9 Å². The molecule has 0 aromatic heterocycles. The molecule has 4 amide bonds. The fraction of sp³-hybridized carbons (Fsp3) is 0.591. The summed E-state index contributed by atoms with van der Waals surface area (Å²) >= 11 is 0. The van der Waals surface area contributed by atoms with Gasteiger partial charge in [-0.1, -0.05) is 30.3 Å². The molecule has 4 rings (SSSR count). The maximum absolute atomic E-state index is 13.3. The van der Waals surface area contributed by atoms with E-state index in [0.717, 1.165) is 12.1 Å². The monoisotopic (exact) mass is 414 g/mol. The number of nitrogens with zero attached hydrogens (tertiary/aromatic N) is 4.